The van der Waals surface area contributed by atoms with Crippen molar-refractivity contribution in [1.82, 2.24) is 10.6 Å². The molecule has 3 rings (SSSR count). The van der Waals surface area contributed by atoms with E-state index < -0.39 is 5.82 Å². The molecule has 0 radical (unpaired) electrons. The molecule has 1 aliphatic heterocycles. The van der Waals surface area contributed by atoms with Crippen LogP contribution in [0.1, 0.15) is 30.4 Å². The van der Waals surface area contributed by atoms with E-state index in [1.807, 2.05) is 31.2 Å². The summed E-state index contributed by atoms with van der Waals surface area (Å²) >= 11 is 5.82. The Kier molecular flexibility index (Phi) is 6.29. The van der Waals surface area contributed by atoms with Crippen molar-refractivity contribution in [2.45, 2.75) is 25.8 Å². The lowest BCUT2D eigenvalue weighted by Gasteiger charge is -2.26. The number of carbonyl (C=O) groups is 1. The molecule has 0 bridgehead atoms. The minimum absolute atomic E-state index is 0.0170. The summed E-state index contributed by atoms with van der Waals surface area (Å²) in [6.45, 7) is 3.64. The van der Waals surface area contributed by atoms with Crippen LogP contribution in [0.5, 0.6) is 0 Å². The van der Waals surface area contributed by atoms with E-state index in [2.05, 4.69) is 20.9 Å². The van der Waals surface area contributed by atoms with Crippen LogP contribution in [-0.2, 0) is 11.3 Å². The minimum atomic E-state index is -0.441. The van der Waals surface area contributed by atoms with E-state index in [-0.39, 0.29) is 16.8 Å². The van der Waals surface area contributed by atoms with Crippen LogP contribution >= 0.6 is 11.6 Å². The van der Waals surface area contributed by atoms with Crippen molar-refractivity contribution < 1.29 is 9.18 Å². The van der Waals surface area contributed by atoms with Crippen LogP contribution < -0.4 is 16.0 Å². The Labute approximate surface area is 163 Å². The van der Waals surface area contributed by atoms with Crippen molar-refractivity contribution >= 4 is 29.2 Å². The van der Waals surface area contributed by atoms with Gasteiger partial charge >= 0.3 is 0 Å². The maximum Gasteiger partial charge on any atom is 0.225 e. The SMILES string of the molecule is CCNC(=NCc1ccc(F)c(Cl)c1)NCC1CC(=O)Nc2ccccc21. The van der Waals surface area contributed by atoms with E-state index in [4.69, 9.17) is 11.6 Å². The number of para-hydroxylation sites is 1. The van der Waals surface area contributed by atoms with E-state index >= 15 is 0 Å². The average Bonchev–Trinajstić information content (AvgIpc) is 2.66. The summed E-state index contributed by atoms with van der Waals surface area (Å²) < 4.78 is 13.3. The Hall–Kier alpha value is -2.60. The molecule has 142 valence electrons. The summed E-state index contributed by atoms with van der Waals surface area (Å²) in [6.07, 6.45) is 0.428. The monoisotopic (exact) mass is 388 g/mol. The third kappa shape index (κ3) is 4.98. The molecule has 7 heteroatoms. The van der Waals surface area contributed by atoms with Crippen LogP contribution in [0.25, 0.3) is 0 Å². The first-order chi connectivity index (χ1) is 13.1. The van der Waals surface area contributed by atoms with Crippen LogP contribution in [0.4, 0.5) is 10.1 Å². The molecule has 0 saturated carbocycles. The summed E-state index contributed by atoms with van der Waals surface area (Å²) in [5, 5.41) is 9.48. The molecule has 1 amide bonds. The molecule has 5 nitrogen and oxygen atoms in total. The highest BCUT2D eigenvalue weighted by atomic mass is 35.5. The van der Waals surface area contributed by atoms with Crippen LogP contribution in [0, 0.1) is 5.82 Å². The number of nitrogens with one attached hydrogen (secondary N) is 3. The van der Waals surface area contributed by atoms with Gasteiger partial charge in [0.25, 0.3) is 0 Å². The number of amides is 1. The zero-order valence-electron chi connectivity index (χ0n) is 15.1. The first kappa shape index (κ1) is 19.2. The fourth-order valence-electron chi connectivity index (χ4n) is 3.05. The Morgan fingerprint density at radius 3 is 2.89 bits per heavy atom. The Morgan fingerprint density at radius 2 is 2.11 bits per heavy atom. The molecular weight excluding hydrogens is 367 g/mol. The molecule has 0 spiro atoms. The summed E-state index contributed by atoms with van der Waals surface area (Å²) in [6, 6.07) is 12.4. The zero-order chi connectivity index (χ0) is 19.2. The van der Waals surface area contributed by atoms with Crippen LogP contribution in [0.3, 0.4) is 0 Å². The summed E-state index contributed by atoms with van der Waals surface area (Å²) in [4.78, 5) is 16.5. The number of aliphatic imine (C=N–C) groups is 1. The highest BCUT2D eigenvalue weighted by molar-refractivity contribution is 6.30. The first-order valence-corrected chi connectivity index (χ1v) is 9.29. The maximum atomic E-state index is 13.3. The number of rotatable bonds is 5. The number of anilines is 1. The van der Waals surface area contributed by atoms with E-state index in [9.17, 15) is 9.18 Å². The van der Waals surface area contributed by atoms with Gasteiger partial charge in [0.05, 0.1) is 11.6 Å². The molecule has 0 fully saturated rings. The number of carbonyl (C=O) groups excluding carboxylic acids is 1. The number of guanidine groups is 1. The van der Waals surface area contributed by atoms with Gasteiger partial charge in [0.2, 0.25) is 5.91 Å². The predicted octanol–water partition coefficient (Wildman–Crippen LogP) is 3.66. The zero-order valence-corrected chi connectivity index (χ0v) is 15.8. The van der Waals surface area contributed by atoms with Gasteiger partial charge in [-0.1, -0.05) is 35.9 Å². The molecule has 0 aliphatic carbocycles. The lowest BCUT2D eigenvalue weighted by atomic mass is 9.90. The van der Waals surface area contributed by atoms with Gasteiger partial charge in [-0.15, -0.1) is 0 Å². The van der Waals surface area contributed by atoms with E-state index in [1.54, 1.807) is 12.1 Å². The van der Waals surface area contributed by atoms with Crippen molar-refractivity contribution in [3.63, 3.8) is 0 Å². The molecule has 1 atom stereocenters. The third-order valence-electron chi connectivity index (χ3n) is 4.37. The quantitative estimate of drug-likeness (QED) is 0.541. The second-order valence-corrected chi connectivity index (χ2v) is 6.77. The molecular formula is C20H22ClFN4O. The number of nitrogens with zero attached hydrogens (tertiary/aromatic N) is 1. The molecule has 27 heavy (non-hydrogen) atoms. The van der Waals surface area contributed by atoms with Gasteiger partial charge in [0.15, 0.2) is 5.96 Å². The van der Waals surface area contributed by atoms with Gasteiger partial charge in [0.1, 0.15) is 5.82 Å². The lowest BCUT2D eigenvalue weighted by molar-refractivity contribution is -0.116. The van der Waals surface area contributed by atoms with Gasteiger partial charge < -0.3 is 16.0 Å². The average molecular weight is 389 g/mol. The maximum absolute atomic E-state index is 13.3. The Morgan fingerprint density at radius 1 is 1.30 bits per heavy atom. The van der Waals surface area contributed by atoms with Crippen molar-refractivity contribution in [2.24, 2.45) is 4.99 Å². The molecule has 0 aromatic heterocycles. The van der Waals surface area contributed by atoms with Crippen LogP contribution in [-0.4, -0.2) is 25.0 Å². The highest BCUT2D eigenvalue weighted by Crippen LogP contribution is 2.31. The van der Waals surface area contributed by atoms with Gasteiger partial charge in [-0.05, 0) is 36.2 Å². The molecule has 0 saturated heterocycles. The van der Waals surface area contributed by atoms with Gasteiger partial charge in [-0.2, -0.15) is 0 Å². The number of benzene rings is 2. The third-order valence-corrected chi connectivity index (χ3v) is 4.66. The fourth-order valence-corrected chi connectivity index (χ4v) is 3.26. The molecule has 1 aliphatic rings. The second-order valence-electron chi connectivity index (χ2n) is 6.36. The normalized spacial score (nSPS) is 16.5. The summed E-state index contributed by atoms with van der Waals surface area (Å²) in [5.41, 5.74) is 2.80. The van der Waals surface area contributed by atoms with Crippen molar-refractivity contribution in [1.29, 1.82) is 0 Å². The van der Waals surface area contributed by atoms with E-state index in [1.165, 1.54) is 6.07 Å². The number of hydrogen-bond acceptors (Lipinski definition) is 2. The topological polar surface area (TPSA) is 65.5 Å². The lowest BCUT2D eigenvalue weighted by Crippen LogP contribution is -2.40. The molecule has 2 aromatic rings. The largest absolute Gasteiger partial charge is 0.357 e. The standard InChI is InChI=1S/C20H22ClFN4O/c1-2-23-20(24-11-13-7-8-17(22)16(21)9-13)25-12-14-10-19(27)26-18-6-4-3-5-15(14)18/h3-9,14H,2,10-12H2,1H3,(H,26,27)(H2,23,24,25). The van der Waals surface area contributed by atoms with Gasteiger partial charge in [0, 0.05) is 31.1 Å². The molecule has 2 aromatic carbocycles. The predicted molar refractivity (Wildman–Crippen MR) is 107 cm³/mol. The van der Waals surface area contributed by atoms with Crippen LogP contribution in [0.2, 0.25) is 5.02 Å². The highest BCUT2D eigenvalue weighted by Gasteiger charge is 2.24. The van der Waals surface area contributed by atoms with Crippen molar-refractivity contribution in [3.05, 3.63) is 64.4 Å². The van der Waals surface area contributed by atoms with Crippen molar-refractivity contribution in [2.75, 3.05) is 18.4 Å². The fraction of sp³-hybridized carbons (Fsp3) is 0.300. The smallest absolute Gasteiger partial charge is 0.225 e. The molecule has 3 N–H and O–H groups in total. The van der Waals surface area contributed by atoms with Crippen molar-refractivity contribution in [3.8, 4) is 0 Å². The van der Waals surface area contributed by atoms with Gasteiger partial charge in [-0.25, -0.2) is 9.38 Å². The Balaban J connectivity index is 1.68. The van der Waals surface area contributed by atoms with Crippen LogP contribution in [0.15, 0.2) is 47.5 Å². The minimum Gasteiger partial charge on any atom is -0.357 e. The second kappa shape index (κ2) is 8.86. The number of halogens is 2. The van der Waals surface area contributed by atoms with E-state index in [0.29, 0.717) is 32.0 Å². The number of fused-ring (bicyclic) bond motifs is 1. The molecule has 1 heterocycles. The molecule has 1 unspecified atom stereocenters. The van der Waals surface area contributed by atoms with Gasteiger partial charge in [-0.3, -0.25) is 4.79 Å². The first-order valence-electron chi connectivity index (χ1n) is 8.91. The summed E-state index contributed by atoms with van der Waals surface area (Å²) in [7, 11) is 0. The van der Waals surface area contributed by atoms with E-state index in [0.717, 1.165) is 16.8 Å². The Bertz CT molecular complexity index is 856. The summed E-state index contributed by atoms with van der Waals surface area (Å²) in [5.74, 6) is 0.285. The number of hydrogen-bond donors (Lipinski definition) is 3.